The zero-order chi connectivity index (χ0) is 14.8. The molecule has 0 aliphatic carbocycles. The van der Waals surface area contributed by atoms with Crippen molar-refractivity contribution in [3.63, 3.8) is 0 Å². The maximum atomic E-state index is 13.7. The number of ether oxygens (including phenoxy) is 2. The molecule has 7 heteroatoms. The largest absolute Gasteiger partial charge is 0.494 e. The van der Waals surface area contributed by atoms with Crippen LogP contribution in [0.1, 0.15) is 0 Å². The molecule has 0 saturated carbocycles. The van der Waals surface area contributed by atoms with Crippen LogP contribution in [0.5, 0.6) is 17.4 Å². The third kappa shape index (κ3) is 2.57. The van der Waals surface area contributed by atoms with E-state index in [-0.39, 0.29) is 16.8 Å². The van der Waals surface area contributed by atoms with Crippen molar-refractivity contribution < 1.29 is 13.9 Å². The van der Waals surface area contributed by atoms with Crippen molar-refractivity contribution in [1.29, 1.82) is 0 Å². The number of hydrogen-bond donors (Lipinski definition) is 0. The van der Waals surface area contributed by atoms with Crippen molar-refractivity contribution in [1.82, 2.24) is 15.0 Å². The van der Waals surface area contributed by atoms with E-state index in [4.69, 9.17) is 21.1 Å². The van der Waals surface area contributed by atoms with E-state index >= 15 is 0 Å². The van der Waals surface area contributed by atoms with Gasteiger partial charge in [0.15, 0.2) is 22.5 Å². The van der Waals surface area contributed by atoms with E-state index in [1.54, 1.807) is 18.3 Å². The molecule has 1 aromatic carbocycles. The summed E-state index contributed by atoms with van der Waals surface area (Å²) in [6, 6.07) is 6.08. The molecule has 0 N–H and O–H groups in total. The zero-order valence-corrected chi connectivity index (χ0v) is 11.6. The smallest absolute Gasteiger partial charge is 0.230 e. The first-order valence-electron chi connectivity index (χ1n) is 5.95. The number of nitrogens with zero attached hydrogens (tertiary/aromatic N) is 3. The van der Waals surface area contributed by atoms with Gasteiger partial charge in [0, 0.05) is 12.3 Å². The second kappa shape index (κ2) is 5.49. The normalized spacial score (nSPS) is 10.6. The van der Waals surface area contributed by atoms with Crippen LogP contribution in [0.4, 0.5) is 4.39 Å². The van der Waals surface area contributed by atoms with E-state index in [1.807, 2.05) is 0 Å². The molecule has 2 heterocycles. The number of benzene rings is 1. The molecule has 0 spiro atoms. The van der Waals surface area contributed by atoms with E-state index in [2.05, 4.69) is 15.0 Å². The average molecular weight is 306 g/mol. The Morgan fingerprint density at radius 3 is 2.76 bits per heavy atom. The summed E-state index contributed by atoms with van der Waals surface area (Å²) in [5, 5.41) is 0.717. The molecule has 3 rings (SSSR count). The first-order chi connectivity index (χ1) is 10.2. The molecule has 0 unspecified atom stereocenters. The predicted octanol–water partition coefficient (Wildman–Crippen LogP) is 3.62. The number of methoxy groups -OCH3 is 1. The van der Waals surface area contributed by atoms with Crippen molar-refractivity contribution in [2.45, 2.75) is 0 Å². The monoisotopic (exact) mass is 305 g/mol. The Morgan fingerprint density at radius 1 is 1.14 bits per heavy atom. The van der Waals surface area contributed by atoms with Gasteiger partial charge in [0.05, 0.1) is 18.0 Å². The topological polar surface area (TPSA) is 57.1 Å². The number of pyridine rings is 1. The highest BCUT2D eigenvalue weighted by atomic mass is 35.5. The minimum Gasteiger partial charge on any atom is -0.494 e. The second-order valence-electron chi connectivity index (χ2n) is 4.08. The van der Waals surface area contributed by atoms with Crippen LogP contribution < -0.4 is 9.47 Å². The molecule has 0 radical (unpaired) electrons. The summed E-state index contributed by atoms with van der Waals surface area (Å²) in [4.78, 5) is 12.0. The molecule has 106 valence electrons. The third-order valence-electron chi connectivity index (χ3n) is 2.80. The van der Waals surface area contributed by atoms with Gasteiger partial charge in [-0.05, 0) is 18.2 Å². The molecule has 3 aromatic rings. The number of fused-ring (bicyclic) bond motifs is 1. The number of halogens is 2. The summed E-state index contributed by atoms with van der Waals surface area (Å²) < 4.78 is 24.3. The molecule has 0 atom stereocenters. The van der Waals surface area contributed by atoms with Gasteiger partial charge in [-0.25, -0.2) is 19.3 Å². The van der Waals surface area contributed by atoms with E-state index in [9.17, 15) is 4.39 Å². The van der Waals surface area contributed by atoms with Crippen molar-refractivity contribution in [2.75, 3.05) is 7.11 Å². The fourth-order valence-corrected chi connectivity index (χ4v) is 1.98. The molecule has 2 aromatic heterocycles. The fraction of sp³-hybridized carbons (Fsp3) is 0.0714. The lowest BCUT2D eigenvalue weighted by Gasteiger charge is -2.09. The molecule has 0 amide bonds. The van der Waals surface area contributed by atoms with E-state index < -0.39 is 5.82 Å². The van der Waals surface area contributed by atoms with Crippen LogP contribution in [0.3, 0.4) is 0 Å². The Hall–Kier alpha value is -2.47. The van der Waals surface area contributed by atoms with Crippen LogP contribution in [-0.4, -0.2) is 22.1 Å². The van der Waals surface area contributed by atoms with Crippen molar-refractivity contribution in [3.05, 3.63) is 47.8 Å². The molecular formula is C14H9ClFN3O2. The molecule has 0 aliphatic heterocycles. The summed E-state index contributed by atoms with van der Waals surface area (Å²) in [5.74, 6) is 0.171. The van der Waals surface area contributed by atoms with Gasteiger partial charge in [-0.2, -0.15) is 0 Å². The van der Waals surface area contributed by atoms with Crippen LogP contribution in [0, 0.1) is 5.82 Å². The highest BCUT2D eigenvalue weighted by molar-refractivity contribution is 6.30. The van der Waals surface area contributed by atoms with E-state index in [0.29, 0.717) is 16.7 Å². The van der Waals surface area contributed by atoms with Gasteiger partial charge in [0.2, 0.25) is 5.88 Å². The molecule has 21 heavy (non-hydrogen) atoms. The van der Waals surface area contributed by atoms with E-state index in [0.717, 1.165) is 0 Å². The Morgan fingerprint density at radius 2 is 2.00 bits per heavy atom. The van der Waals surface area contributed by atoms with Crippen LogP contribution in [0.15, 0.2) is 36.8 Å². The minimum absolute atomic E-state index is 0.0828. The van der Waals surface area contributed by atoms with Gasteiger partial charge in [-0.1, -0.05) is 11.6 Å². The SMILES string of the molecule is COc1cc2c(Oc3cccnc3Cl)ncnc2cc1F. The van der Waals surface area contributed by atoms with E-state index in [1.165, 1.54) is 25.6 Å². The van der Waals surface area contributed by atoms with Crippen molar-refractivity contribution >= 4 is 22.5 Å². The first-order valence-corrected chi connectivity index (χ1v) is 6.33. The highest BCUT2D eigenvalue weighted by Crippen LogP contribution is 2.32. The van der Waals surface area contributed by atoms with Crippen LogP contribution in [0.2, 0.25) is 5.15 Å². The van der Waals surface area contributed by atoms with Crippen LogP contribution >= 0.6 is 11.6 Å². The van der Waals surface area contributed by atoms with Crippen molar-refractivity contribution in [2.24, 2.45) is 0 Å². The van der Waals surface area contributed by atoms with Crippen LogP contribution in [-0.2, 0) is 0 Å². The van der Waals surface area contributed by atoms with Gasteiger partial charge in [-0.15, -0.1) is 0 Å². The fourth-order valence-electron chi connectivity index (χ4n) is 1.82. The molecule has 5 nitrogen and oxygen atoms in total. The molecule has 0 fully saturated rings. The quantitative estimate of drug-likeness (QED) is 0.692. The molecule has 0 aliphatic rings. The average Bonchev–Trinajstić information content (AvgIpc) is 2.49. The lowest BCUT2D eigenvalue weighted by atomic mass is 10.2. The van der Waals surface area contributed by atoms with Crippen molar-refractivity contribution in [3.8, 4) is 17.4 Å². The van der Waals surface area contributed by atoms with Gasteiger partial charge < -0.3 is 9.47 Å². The number of rotatable bonds is 3. The third-order valence-corrected chi connectivity index (χ3v) is 3.09. The number of hydrogen-bond acceptors (Lipinski definition) is 5. The maximum Gasteiger partial charge on any atom is 0.230 e. The summed E-state index contributed by atoms with van der Waals surface area (Å²) in [5.41, 5.74) is 0.401. The Balaban J connectivity index is 2.12. The molecular weight excluding hydrogens is 297 g/mol. The summed E-state index contributed by atoms with van der Waals surface area (Å²) in [7, 11) is 1.38. The van der Waals surface area contributed by atoms with Gasteiger partial charge in [-0.3, -0.25) is 0 Å². The Bertz CT molecular complexity index is 813. The summed E-state index contributed by atoms with van der Waals surface area (Å²) in [6.45, 7) is 0. The second-order valence-corrected chi connectivity index (χ2v) is 4.44. The van der Waals surface area contributed by atoms with Gasteiger partial charge >= 0.3 is 0 Å². The van der Waals surface area contributed by atoms with Gasteiger partial charge in [0.1, 0.15) is 6.33 Å². The maximum absolute atomic E-state index is 13.7. The first kappa shape index (κ1) is 13.5. The molecule has 0 bridgehead atoms. The zero-order valence-electron chi connectivity index (χ0n) is 10.9. The lowest BCUT2D eigenvalue weighted by molar-refractivity contribution is 0.387. The van der Waals surface area contributed by atoms with Gasteiger partial charge in [0.25, 0.3) is 0 Å². The summed E-state index contributed by atoms with van der Waals surface area (Å²) >= 11 is 5.94. The lowest BCUT2D eigenvalue weighted by Crippen LogP contribution is -1.95. The minimum atomic E-state index is -0.505. The highest BCUT2D eigenvalue weighted by Gasteiger charge is 2.13. The van der Waals surface area contributed by atoms with Crippen LogP contribution in [0.25, 0.3) is 10.9 Å². The number of aromatic nitrogens is 3. The Labute approximate surface area is 124 Å². The predicted molar refractivity (Wildman–Crippen MR) is 75.4 cm³/mol. The molecule has 0 saturated heterocycles. The standard InChI is InChI=1S/C14H9ClFN3O2/c1-20-12-5-8-10(6-9(12)16)18-7-19-14(8)21-11-3-2-4-17-13(11)15/h2-7H,1H3. The Kier molecular flexibility index (Phi) is 3.53. The summed E-state index contributed by atoms with van der Waals surface area (Å²) in [6.07, 6.45) is 2.83.